The van der Waals surface area contributed by atoms with Gasteiger partial charge in [-0.25, -0.2) is 14.8 Å². The van der Waals surface area contributed by atoms with Gasteiger partial charge in [0.15, 0.2) is 0 Å². The lowest BCUT2D eigenvalue weighted by atomic mass is 9.90. The van der Waals surface area contributed by atoms with Gasteiger partial charge < -0.3 is 25.0 Å². The number of hydrogen-bond donors (Lipinski definition) is 2. The zero-order valence-corrected chi connectivity index (χ0v) is 28.8. The average Bonchev–Trinajstić information content (AvgIpc) is 3.71. The topological polar surface area (TPSA) is 141 Å². The van der Waals surface area contributed by atoms with Crippen LogP contribution in [0.3, 0.4) is 0 Å². The van der Waals surface area contributed by atoms with E-state index in [1.807, 2.05) is 53.2 Å². The average molecular weight is 690 g/mol. The highest BCUT2D eigenvalue weighted by molar-refractivity contribution is 6.33. The van der Waals surface area contributed by atoms with Crippen LogP contribution in [0.25, 0.3) is 11.3 Å². The highest BCUT2D eigenvalue weighted by atomic mass is 35.5. The van der Waals surface area contributed by atoms with E-state index in [1.54, 1.807) is 23.3 Å². The normalized spacial score (nSPS) is 17.4. The summed E-state index contributed by atoms with van der Waals surface area (Å²) in [5, 5.41) is 15.5. The minimum absolute atomic E-state index is 0.0150. The van der Waals surface area contributed by atoms with Crippen molar-refractivity contribution < 1.29 is 19.1 Å². The van der Waals surface area contributed by atoms with Crippen LogP contribution in [0.15, 0.2) is 55.1 Å². The lowest BCUT2D eigenvalue weighted by Gasteiger charge is -2.36. The summed E-state index contributed by atoms with van der Waals surface area (Å²) in [5.74, 6) is 1.12. The second kappa shape index (κ2) is 16.3. The molecule has 1 aromatic carbocycles. The Morgan fingerprint density at radius 3 is 2.57 bits per heavy atom. The van der Waals surface area contributed by atoms with Crippen LogP contribution in [0.4, 0.5) is 10.7 Å². The van der Waals surface area contributed by atoms with Gasteiger partial charge in [0.25, 0.3) is 0 Å². The molecule has 260 valence electrons. The first-order chi connectivity index (χ1) is 23.9. The maximum absolute atomic E-state index is 13.6. The monoisotopic (exact) mass is 689 g/mol. The Morgan fingerprint density at radius 2 is 1.82 bits per heavy atom. The zero-order chi connectivity index (χ0) is 34.2. The quantitative estimate of drug-likeness (QED) is 0.158. The summed E-state index contributed by atoms with van der Waals surface area (Å²) in [6, 6.07) is 10.1. The van der Waals surface area contributed by atoms with Gasteiger partial charge in [-0.3, -0.25) is 14.2 Å². The van der Waals surface area contributed by atoms with Gasteiger partial charge in [0.2, 0.25) is 11.9 Å². The van der Waals surface area contributed by atoms with E-state index in [0.717, 1.165) is 54.5 Å². The molecule has 2 aliphatic rings. The molecule has 0 saturated heterocycles. The smallest absolute Gasteiger partial charge is 0.410 e. The summed E-state index contributed by atoms with van der Waals surface area (Å²) in [7, 11) is 3.49. The van der Waals surface area contributed by atoms with E-state index < -0.39 is 0 Å². The van der Waals surface area contributed by atoms with Crippen LogP contribution in [0.5, 0.6) is 0 Å². The number of carbonyl (C=O) groups is 2. The zero-order valence-electron chi connectivity index (χ0n) is 28.1. The van der Waals surface area contributed by atoms with Gasteiger partial charge in [-0.1, -0.05) is 41.9 Å². The molecule has 0 unspecified atom stereocenters. The number of ether oxygens (including phenoxy) is 2. The highest BCUT2D eigenvalue weighted by Crippen LogP contribution is 2.37. The summed E-state index contributed by atoms with van der Waals surface area (Å²) in [6.07, 6.45) is 13.6. The fourth-order valence-corrected chi connectivity index (χ4v) is 6.44. The molecule has 3 aromatic heterocycles. The lowest BCUT2D eigenvalue weighted by Crippen LogP contribution is -2.43. The lowest BCUT2D eigenvalue weighted by molar-refractivity contribution is -0.122. The molecule has 0 aliphatic heterocycles. The molecule has 2 aliphatic carbocycles. The fraction of sp³-hybridized carbons (Fsp3) is 0.486. The molecule has 2 amide bonds. The fourth-order valence-electron chi connectivity index (χ4n) is 6.25. The van der Waals surface area contributed by atoms with Crippen LogP contribution >= 0.6 is 11.6 Å². The number of nitrogens with zero attached hydrogens (tertiary/aromatic N) is 7. The predicted octanol–water partition coefficient (Wildman–Crippen LogP) is 5.35. The molecule has 0 bridgehead atoms. The van der Waals surface area contributed by atoms with Gasteiger partial charge in [0, 0.05) is 68.8 Å². The number of anilines is 1. The number of carbonyl (C=O) groups excluding carboxylic acids is 2. The van der Waals surface area contributed by atoms with Crippen molar-refractivity contribution in [3.05, 3.63) is 77.0 Å². The van der Waals surface area contributed by atoms with E-state index >= 15 is 0 Å². The maximum Gasteiger partial charge on any atom is 0.410 e. The Kier molecular flexibility index (Phi) is 11.4. The van der Waals surface area contributed by atoms with Crippen LogP contribution < -0.4 is 10.6 Å². The summed E-state index contributed by atoms with van der Waals surface area (Å²) >= 11 is 6.60. The van der Waals surface area contributed by atoms with Crippen molar-refractivity contribution in [3.63, 3.8) is 0 Å². The molecule has 0 atom stereocenters. The van der Waals surface area contributed by atoms with Crippen molar-refractivity contribution in [3.8, 4) is 11.3 Å². The molecule has 2 fully saturated rings. The summed E-state index contributed by atoms with van der Waals surface area (Å²) in [4.78, 5) is 36.6. The Morgan fingerprint density at radius 1 is 1.02 bits per heavy atom. The van der Waals surface area contributed by atoms with Gasteiger partial charge in [-0.05, 0) is 56.4 Å². The first-order valence-corrected chi connectivity index (χ1v) is 17.3. The largest absolute Gasteiger partial charge is 0.444 e. The van der Waals surface area contributed by atoms with E-state index in [1.165, 1.54) is 20.0 Å². The van der Waals surface area contributed by atoms with Crippen molar-refractivity contribution in [2.75, 3.05) is 19.2 Å². The molecule has 2 saturated carbocycles. The number of rotatable bonds is 15. The van der Waals surface area contributed by atoms with E-state index in [2.05, 4.69) is 25.8 Å². The van der Waals surface area contributed by atoms with Crippen LogP contribution in [0, 0.1) is 5.92 Å². The molecule has 2 N–H and O–H groups in total. The summed E-state index contributed by atoms with van der Waals surface area (Å²) in [6.45, 7) is 1.12. The second-order valence-corrected chi connectivity index (χ2v) is 13.3. The van der Waals surface area contributed by atoms with Gasteiger partial charge >= 0.3 is 6.09 Å². The molecular weight excluding hydrogens is 646 g/mol. The van der Waals surface area contributed by atoms with Gasteiger partial charge in [-0.2, -0.15) is 10.2 Å². The SMILES string of the molecule is COCNC(=O)CCn1cc(COC(=O)N(Cc2ccccc2)C2CCC(Nc3ncc(Cl)c(-c4cnn(C)c4CC4CC4)n3)CC2)cn1. The highest BCUT2D eigenvalue weighted by Gasteiger charge is 2.31. The van der Waals surface area contributed by atoms with Gasteiger partial charge in [-0.15, -0.1) is 0 Å². The van der Waals surface area contributed by atoms with Crippen molar-refractivity contribution >= 4 is 29.5 Å². The van der Waals surface area contributed by atoms with Crippen molar-refractivity contribution in [2.45, 2.75) is 83.1 Å². The van der Waals surface area contributed by atoms with Crippen molar-refractivity contribution in [1.82, 2.24) is 39.7 Å². The van der Waals surface area contributed by atoms with Gasteiger partial charge in [0.1, 0.15) is 13.3 Å². The molecule has 0 radical (unpaired) electrons. The molecular formula is C35H44ClN9O4. The second-order valence-electron chi connectivity index (χ2n) is 12.9. The number of amides is 2. The molecule has 6 rings (SSSR count). The first kappa shape index (κ1) is 34.4. The number of halogens is 1. The number of hydrogen-bond acceptors (Lipinski definition) is 9. The Hall–Kier alpha value is -4.49. The molecule has 0 spiro atoms. The molecule has 3 heterocycles. The van der Waals surface area contributed by atoms with Crippen LogP contribution in [0.1, 0.15) is 61.8 Å². The maximum atomic E-state index is 13.6. The minimum atomic E-state index is -0.365. The van der Waals surface area contributed by atoms with Crippen LogP contribution in [0.2, 0.25) is 5.02 Å². The molecule has 4 aromatic rings. The molecule has 14 heteroatoms. The number of nitrogens with one attached hydrogen (secondary N) is 2. The van der Waals surface area contributed by atoms with E-state index in [0.29, 0.717) is 35.7 Å². The Bertz CT molecular complexity index is 1700. The number of aromatic nitrogens is 6. The van der Waals surface area contributed by atoms with Crippen LogP contribution in [-0.4, -0.2) is 72.4 Å². The summed E-state index contributed by atoms with van der Waals surface area (Å²) < 4.78 is 14.3. The van der Waals surface area contributed by atoms with Crippen molar-refractivity contribution in [2.24, 2.45) is 13.0 Å². The van der Waals surface area contributed by atoms with Crippen molar-refractivity contribution in [1.29, 1.82) is 0 Å². The van der Waals surface area contributed by atoms with Gasteiger partial charge in [0.05, 0.1) is 29.3 Å². The molecule has 13 nitrogen and oxygen atoms in total. The third-order valence-corrected chi connectivity index (χ3v) is 9.45. The third kappa shape index (κ3) is 9.36. The Labute approximate surface area is 291 Å². The minimum Gasteiger partial charge on any atom is -0.444 e. The van der Waals surface area contributed by atoms with E-state index in [-0.39, 0.29) is 43.8 Å². The van der Waals surface area contributed by atoms with E-state index in [4.69, 9.17) is 26.1 Å². The summed E-state index contributed by atoms with van der Waals surface area (Å²) in [5.41, 5.74) is 4.61. The Balaban J connectivity index is 1.05. The predicted molar refractivity (Wildman–Crippen MR) is 184 cm³/mol. The standard InChI is InChI=1S/C35H44ClN9O4/c1-43-31(16-24-8-9-24)29(18-39-43)33-30(36)19-37-34(42-33)41-27-10-12-28(13-11-27)45(21-25-6-4-3-5-7-25)35(47)49-22-26-17-40-44(20-26)15-14-32(46)38-23-48-2/h3-7,17-20,24,27-28H,8-16,21-23H2,1-2H3,(H,38,46)(H,37,41,42). The van der Waals surface area contributed by atoms with E-state index in [9.17, 15) is 9.59 Å². The first-order valence-electron chi connectivity index (χ1n) is 16.9. The number of benzene rings is 1. The number of aryl methyl sites for hydroxylation is 2. The third-order valence-electron chi connectivity index (χ3n) is 9.17. The van der Waals surface area contributed by atoms with Crippen LogP contribution in [-0.2, 0) is 47.4 Å². The molecule has 49 heavy (non-hydrogen) atoms. The number of methoxy groups -OCH3 is 1.